The Morgan fingerprint density at radius 3 is 2.91 bits per heavy atom. The zero-order valence-corrected chi connectivity index (χ0v) is 13.0. The number of fused-ring (bicyclic) bond motifs is 1. The van der Waals surface area contributed by atoms with Crippen LogP contribution in [0.15, 0.2) is 18.2 Å². The van der Waals surface area contributed by atoms with Crippen LogP contribution in [0.3, 0.4) is 0 Å². The number of carbonyl (C=O) groups excluding carboxylic acids is 1. The summed E-state index contributed by atoms with van der Waals surface area (Å²) in [6.07, 6.45) is 1.30. The fourth-order valence-electron chi connectivity index (χ4n) is 2.91. The van der Waals surface area contributed by atoms with Gasteiger partial charge in [-0.05, 0) is 42.8 Å². The third kappa shape index (κ3) is 2.59. The Balaban J connectivity index is 1.91. The van der Waals surface area contributed by atoms with E-state index in [-0.39, 0.29) is 18.3 Å². The molecule has 1 aliphatic heterocycles. The molecule has 1 amide bonds. The summed E-state index contributed by atoms with van der Waals surface area (Å²) in [6, 6.07) is 4.50. The average molecular weight is 321 g/mol. The van der Waals surface area contributed by atoms with Crippen molar-refractivity contribution in [1.82, 2.24) is 4.90 Å². The minimum Gasteiger partial charge on any atom is -0.481 e. The van der Waals surface area contributed by atoms with Crippen LogP contribution < -0.4 is 0 Å². The number of carbonyl (C=O) groups is 2. The lowest BCUT2D eigenvalue weighted by Gasteiger charge is -2.30. The molecule has 6 heteroatoms. The van der Waals surface area contributed by atoms with Crippen molar-refractivity contribution < 1.29 is 19.1 Å². The molecule has 1 atom stereocenters. The standard InChI is InChI=1S/C16H16FNO3S/c1-9-12-5-4-11(17)7-13(12)22-14(9)15(19)18-6-2-3-10(8-18)16(20)21/h4-5,7,10H,2-3,6,8H2,1H3,(H,20,21). The lowest BCUT2D eigenvalue weighted by Crippen LogP contribution is -2.42. The summed E-state index contributed by atoms with van der Waals surface area (Å²) in [5.74, 6) is -1.82. The van der Waals surface area contributed by atoms with E-state index in [1.807, 2.05) is 6.92 Å². The molecule has 1 unspecified atom stereocenters. The Morgan fingerprint density at radius 1 is 1.41 bits per heavy atom. The number of halogens is 1. The molecular weight excluding hydrogens is 305 g/mol. The lowest BCUT2D eigenvalue weighted by molar-refractivity contribution is -0.143. The Morgan fingerprint density at radius 2 is 2.18 bits per heavy atom. The van der Waals surface area contributed by atoms with Gasteiger partial charge in [0, 0.05) is 17.8 Å². The van der Waals surface area contributed by atoms with Gasteiger partial charge in [0.05, 0.1) is 10.8 Å². The first kappa shape index (κ1) is 15.0. The highest BCUT2D eigenvalue weighted by Gasteiger charge is 2.30. The van der Waals surface area contributed by atoms with Crippen LogP contribution in [0.25, 0.3) is 10.1 Å². The summed E-state index contributed by atoms with van der Waals surface area (Å²) in [4.78, 5) is 26.0. The maximum absolute atomic E-state index is 13.3. The number of carboxylic acid groups (broad SMARTS) is 1. The number of aliphatic carboxylic acids is 1. The summed E-state index contributed by atoms with van der Waals surface area (Å²) < 4.78 is 14.1. The number of hydrogen-bond acceptors (Lipinski definition) is 3. The molecule has 0 aliphatic carbocycles. The third-order valence-corrected chi connectivity index (χ3v) is 5.39. The van der Waals surface area contributed by atoms with Gasteiger partial charge in [-0.25, -0.2) is 4.39 Å². The number of piperidine rings is 1. The van der Waals surface area contributed by atoms with E-state index < -0.39 is 11.9 Å². The van der Waals surface area contributed by atoms with Crippen LogP contribution in [0.4, 0.5) is 4.39 Å². The first-order chi connectivity index (χ1) is 10.5. The van der Waals surface area contributed by atoms with Gasteiger partial charge in [0.2, 0.25) is 0 Å². The molecule has 116 valence electrons. The van der Waals surface area contributed by atoms with E-state index in [2.05, 4.69) is 0 Å². The second kappa shape index (κ2) is 5.68. The van der Waals surface area contributed by atoms with E-state index in [1.54, 1.807) is 11.0 Å². The van der Waals surface area contributed by atoms with E-state index in [0.717, 1.165) is 15.6 Å². The molecule has 1 N–H and O–H groups in total. The highest BCUT2D eigenvalue weighted by Crippen LogP contribution is 2.33. The van der Waals surface area contributed by atoms with E-state index in [0.29, 0.717) is 24.3 Å². The van der Waals surface area contributed by atoms with Crippen LogP contribution in [-0.2, 0) is 4.79 Å². The molecular formula is C16H16FNO3S. The number of aryl methyl sites for hydroxylation is 1. The second-order valence-electron chi connectivity index (χ2n) is 5.63. The van der Waals surface area contributed by atoms with Crippen molar-refractivity contribution in [3.63, 3.8) is 0 Å². The van der Waals surface area contributed by atoms with Gasteiger partial charge < -0.3 is 10.0 Å². The maximum Gasteiger partial charge on any atom is 0.308 e. The summed E-state index contributed by atoms with van der Waals surface area (Å²) in [6.45, 7) is 2.67. The Labute approximate surface area is 131 Å². The van der Waals surface area contributed by atoms with Crippen LogP contribution in [0, 0.1) is 18.7 Å². The number of hydrogen-bond donors (Lipinski definition) is 1. The van der Waals surface area contributed by atoms with Crippen molar-refractivity contribution in [2.24, 2.45) is 5.92 Å². The van der Waals surface area contributed by atoms with Gasteiger partial charge in [-0.1, -0.05) is 6.07 Å². The molecule has 1 saturated heterocycles. The van der Waals surface area contributed by atoms with Crippen molar-refractivity contribution >= 4 is 33.3 Å². The number of carboxylic acids is 1. The highest BCUT2D eigenvalue weighted by molar-refractivity contribution is 7.21. The number of nitrogens with zero attached hydrogens (tertiary/aromatic N) is 1. The number of amides is 1. The van der Waals surface area contributed by atoms with E-state index in [1.165, 1.54) is 23.5 Å². The molecule has 1 aliphatic rings. The number of benzene rings is 1. The van der Waals surface area contributed by atoms with Crippen molar-refractivity contribution in [2.45, 2.75) is 19.8 Å². The molecule has 1 aromatic heterocycles. The van der Waals surface area contributed by atoms with E-state index in [4.69, 9.17) is 5.11 Å². The first-order valence-electron chi connectivity index (χ1n) is 7.18. The second-order valence-corrected chi connectivity index (χ2v) is 6.68. The van der Waals surface area contributed by atoms with Crippen molar-refractivity contribution in [3.8, 4) is 0 Å². The maximum atomic E-state index is 13.3. The predicted molar refractivity (Wildman–Crippen MR) is 82.8 cm³/mol. The number of likely N-dealkylation sites (tertiary alicyclic amines) is 1. The van der Waals surface area contributed by atoms with Crippen LogP contribution in [-0.4, -0.2) is 35.0 Å². The summed E-state index contributed by atoms with van der Waals surface area (Å²) >= 11 is 1.27. The molecule has 0 bridgehead atoms. The van der Waals surface area contributed by atoms with Gasteiger partial charge in [0.15, 0.2) is 0 Å². The fraction of sp³-hybridized carbons (Fsp3) is 0.375. The van der Waals surface area contributed by atoms with E-state index in [9.17, 15) is 14.0 Å². The Bertz CT molecular complexity index is 755. The third-order valence-electron chi connectivity index (χ3n) is 4.15. The van der Waals surface area contributed by atoms with Crippen molar-refractivity contribution in [2.75, 3.05) is 13.1 Å². The topological polar surface area (TPSA) is 57.6 Å². The molecule has 4 nitrogen and oxygen atoms in total. The van der Waals surface area contributed by atoms with Gasteiger partial charge in [0.1, 0.15) is 5.82 Å². The van der Waals surface area contributed by atoms with Crippen LogP contribution in [0.2, 0.25) is 0 Å². The summed E-state index contributed by atoms with van der Waals surface area (Å²) in [5.41, 5.74) is 0.836. The van der Waals surface area contributed by atoms with Crippen LogP contribution >= 0.6 is 11.3 Å². The molecule has 2 heterocycles. The van der Waals surface area contributed by atoms with Crippen molar-refractivity contribution in [3.05, 3.63) is 34.5 Å². The minimum atomic E-state index is -0.854. The lowest BCUT2D eigenvalue weighted by atomic mass is 9.98. The first-order valence-corrected chi connectivity index (χ1v) is 7.99. The molecule has 0 saturated carbocycles. The summed E-state index contributed by atoms with van der Waals surface area (Å²) in [7, 11) is 0. The molecule has 3 rings (SSSR count). The highest BCUT2D eigenvalue weighted by atomic mass is 32.1. The summed E-state index contributed by atoms with van der Waals surface area (Å²) in [5, 5.41) is 10.0. The predicted octanol–water partition coefficient (Wildman–Crippen LogP) is 3.29. The molecule has 2 aromatic rings. The van der Waals surface area contributed by atoms with Gasteiger partial charge in [-0.2, -0.15) is 0 Å². The van der Waals surface area contributed by atoms with Crippen molar-refractivity contribution in [1.29, 1.82) is 0 Å². The van der Waals surface area contributed by atoms with Gasteiger partial charge in [0.25, 0.3) is 5.91 Å². The normalized spacial score (nSPS) is 18.6. The molecule has 1 aromatic carbocycles. The zero-order chi connectivity index (χ0) is 15.9. The average Bonchev–Trinajstić information content (AvgIpc) is 2.83. The van der Waals surface area contributed by atoms with Gasteiger partial charge in [-0.3, -0.25) is 9.59 Å². The Hall–Kier alpha value is -1.95. The van der Waals surface area contributed by atoms with Crippen LogP contribution in [0.5, 0.6) is 0 Å². The number of thiophene rings is 1. The quantitative estimate of drug-likeness (QED) is 0.923. The smallest absolute Gasteiger partial charge is 0.308 e. The Kier molecular flexibility index (Phi) is 3.87. The zero-order valence-electron chi connectivity index (χ0n) is 12.1. The van der Waals surface area contributed by atoms with E-state index >= 15 is 0 Å². The monoisotopic (exact) mass is 321 g/mol. The molecule has 22 heavy (non-hydrogen) atoms. The SMILES string of the molecule is Cc1c(C(=O)N2CCCC(C(=O)O)C2)sc2cc(F)ccc12. The van der Waals surface area contributed by atoms with Crippen LogP contribution in [0.1, 0.15) is 28.1 Å². The number of rotatable bonds is 2. The molecule has 0 radical (unpaired) electrons. The van der Waals surface area contributed by atoms with Gasteiger partial charge in [-0.15, -0.1) is 11.3 Å². The molecule has 1 fully saturated rings. The largest absolute Gasteiger partial charge is 0.481 e. The fourth-order valence-corrected chi connectivity index (χ4v) is 4.11. The molecule has 0 spiro atoms. The minimum absolute atomic E-state index is 0.148. The van der Waals surface area contributed by atoms with Gasteiger partial charge >= 0.3 is 5.97 Å².